The summed E-state index contributed by atoms with van der Waals surface area (Å²) in [5, 5.41) is 3.97. The number of furan rings is 1. The number of amides is 1. The number of rotatable bonds is 6. The zero-order chi connectivity index (χ0) is 22.1. The van der Waals surface area contributed by atoms with Gasteiger partial charge in [0.15, 0.2) is 0 Å². The average molecular weight is 420 g/mol. The van der Waals surface area contributed by atoms with Crippen LogP contribution in [0.1, 0.15) is 53.9 Å². The molecule has 0 saturated carbocycles. The molecule has 2 aromatic heterocycles. The van der Waals surface area contributed by atoms with E-state index in [1.807, 2.05) is 17.7 Å². The fourth-order valence-corrected chi connectivity index (χ4v) is 4.03. The molecule has 0 aliphatic rings. The number of nitrogens with one attached hydrogen (secondary N) is 1. The molecule has 160 valence electrons. The second-order valence-electron chi connectivity index (χ2n) is 8.25. The van der Waals surface area contributed by atoms with Gasteiger partial charge in [-0.2, -0.15) is 0 Å². The number of imidazole rings is 1. The molecule has 4 aromatic rings. The fourth-order valence-electron chi connectivity index (χ4n) is 4.03. The van der Waals surface area contributed by atoms with Crippen LogP contribution in [0.4, 0.5) is 4.39 Å². The number of benzene rings is 2. The third-order valence-electron chi connectivity index (χ3n) is 5.62. The minimum atomic E-state index is -0.560. The number of aromatic nitrogens is 2. The van der Waals surface area contributed by atoms with Gasteiger partial charge in [0, 0.05) is 30.4 Å². The molecular weight excluding hydrogens is 393 g/mol. The maximum absolute atomic E-state index is 13.9. The number of carbonyl (C=O) groups is 1. The van der Waals surface area contributed by atoms with E-state index >= 15 is 0 Å². The molecule has 0 aliphatic carbocycles. The van der Waals surface area contributed by atoms with Gasteiger partial charge in [-0.25, -0.2) is 9.37 Å². The lowest BCUT2D eigenvalue weighted by Gasteiger charge is -2.19. The van der Waals surface area contributed by atoms with Gasteiger partial charge in [0.1, 0.15) is 23.3 Å². The summed E-state index contributed by atoms with van der Waals surface area (Å²) in [6.45, 7) is 6.37. The van der Waals surface area contributed by atoms with Gasteiger partial charge in [-0.15, -0.1) is 0 Å². The Morgan fingerprint density at radius 1 is 1.26 bits per heavy atom. The van der Waals surface area contributed by atoms with Crippen molar-refractivity contribution in [2.75, 3.05) is 0 Å². The summed E-state index contributed by atoms with van der Waals surface area (Å²) in [7, 11) is 1.85. The molecule has 1 N–H and O–H groups in total. The van der Waals surface area contributed by atoms with Gasteiger partial charge in [0.25, 0.3) is 0 Å². The summed E-state index contributed by atoms with van der Waals surface area (Å²) in [6, 6.07) is 9.80. The minimum Gasteiger partial charge on any atom is -0.464 e. The van der Waals surface area contributed by atoms with Crippen LogP contribution in [-0.4, -0.2) is 15.5 Å². The topological polar surface area (TPSA) is 60.1 Å². The molecule has 0 radical (unpaired) electrons. The average Bonchev–Trinajstić information content (AvgIpc) is 3.31. The molecule has 6 heteroatoms. The molecule has 2 heterocycles. The highest BCUT2D eigenvalue weighted by Crippen LogP contribution is 2.29. The summed E-state index contributed by atoms with van der Waals surface area (Å²) in [4.78, 5) is 17.4. The van der Waals surface area contributed by atoms with Crippen LogP contribution in [0.25, 0.3) is 11.0 Å². The zero-order valence-electron chi connectivity index (χ0n) is 18.1. The Balaban J connectivity index is 1.63. The first-order chi connectivity index (χ1) is 14.8. The van der Waals surface area contributed by atoms with Crippen molar-refractivity contribution < 1.29 is 13.6 Å². The molecular formula is C25H26FN3O2. The van der Waals surface area contributed by atoms with Crippen LogP contribution in [0.15, 0.2) is 59.5 Å². The molecule has 1 unspecified atom stereocenters. The Morgan fingerprint density at radius 2 is 2.06 bits per heavy atom. The van der Waals surface area contributed by atoms with Crippen molar-refractivity contribution in [3.8, 4) is 0 Å². The monoisotopic (exact) mass is 419 g/mol. The highest BCUT2D eigenvalue weighted by Gasteiger charge is 2.22. The van der Waals surface area contributed by atoms with Crippen LogP contribution in [-0.2, 0) is 18.3 Å². The summed E-state index contributed by atoms with van der Waals surface area (Å²) in [6.07, 6.45) is 5.26. The van der Waals surface area contributed by atoms with E-state index in [9.17, 15) is 9.18 Å². The van der Waals surface area contributed by atoms with E-state index in [4.69, 9.17) is 4.42 Å². The van der Waals surface area contributed by atoms with Gasteiger partial charge in [0.05, 0.1) is 12.7 Å². The maximum atomic E-state index is 13.9. The number of carbonyl (C=O) groups excluding carboxylic acids is 1. The predicted octanol–water partition coefficient (Wildman–Crippen LogP) is 5.19. The number of hydrogen-bond donors (Lipinski definition) is 1. The molecule has 4 rings (SSSR count). The molecule has 0 bridgehead atoms. The van der Waals surface area contributed by atoms with Crippen LogP contribution in [0.2, 0.25) is 0 Å². The van der Waals surface area contributed by atoms with E-state index in [1.165, 1.54) is 23.3 Å². The van der Waals surface area contributed by atoms with Crippen LogP contribution in [0.3, 0.4) is 0 Å². The van der Waals surface area contributed by atoms with Crippen molar-refractivity contribution in [1.82, 2.24) is 14.9 Å². The van der Waals surface area contributed by atoms with Crippen LogP contribution < -0.4 is 5.32 Å². The van der Waals surface area contributed by atoms with Gasteiger partial charge in [-0.1, -0.05) is 26.0 Å². The van der Waals surface area contributed by atoms with Gasteiger partial charge in [0.2, 0.25) is 5.91 Å². The fraction of sp³-hybridized carbons (Fsp3) is 0.280. The molecule has 1 atom stereocenters. The van der Waals surface area contributed by atoms with E-state index in [1.54, 1.807) is 30.8 Å². The van der Waals surface area contributed by atoms with E-state index in [2.05, 4.69) is 37.1 Å². The first-order valence-electron chi connectivity index (χ1n) is 10.4. The third-order valence-corrected chi connectivity index (χ3v) is 5.62. The minimum absolute atomic E-state index is 0.157. The lowest BCUT2D eigenvalue weighted by molar-refractivity contribution is -0.121. The van der Waals surface area contributed by atoms with Gasteiger partial charge in [-0.3, -0.25) is 4.79 Å². The number of nitrogens with zero attached hydrogens (tertiary/aromatic N) is 2. The molecule has 5 nitrogen and oxygen atoms in total. The quantitative estimate of drug-likeness (QED) is 0.468. The first kappa shape index (κ1) is 20.8. The first-order valence-corrected chi connectivity index (χ1v) is 10.4. The second kappa shape index (κ2) is 8.38. The Labute approximate surface area is 180 Å². The Bertz CT molecular complexity index is 1240. The zero-order valence-corrected chi connectivity index (χ0v) is 18.1. The number of hydrogen-bond acceptors (Lipinski definition) is 3. The summed E-state index contributed by atoms with van der Waals surface area (Å²) in [5.41, 5.74) is 4.65. The van der Waals surface area contributed by atoms with Crippen molar-refractivity contribution >= 4 is 16.9 Å². The second-order valence-corrected chi connectivity index (χ2v) is 8.25. The van der Waals surface area contributed by atoms with Crippen molar-refractivity contribution in [2.24, 2.45) is 7.05 Å². The molecule has 31 heavy (non-hydrogen) atoms. The SMILES string of the molecule is Cc1cc2occ(CC(=O)NC(c3cccc(F)c3)c3nccn3C)c2cc1C(C)C. The molecule has 0 fully saturated rings. The smallest absolute Gasteiger partial charge is 0.225 e. The van der Waals surface area contributed by atoms with Gasteiger partial charge >= 0.3 is 0 Å². The van der Waals surface area contributed by atoms with Crippen molar-refractivity contribution in [3.63, 3.8) is 0 Å². The van der Waals surface area contributed by atoms with E-state index < -0.39 is 6.04 Å². The van der Waals surface area contributed by atoms with E-state index in [0.29, 0.717) is 17.3 Å². The predicted molar refractivity (Wildman–Crippen MR) is 118 cm³/mol. The number of aryl methyl sites for hydroxylation is 2. The molecule has 0 spiro atoms. The maximum Gasteiger partial charge on any atom is 0.225 e. The van der Waals surface area contributed by atoms with Crippen molar-refractivity contribution in [3.05, 3.63) is 89.0 Å². The Morgan fingerprint density at radius 3 is 2.74 bits per heavy atom. The highest BCUT2D eigenvalue weighted by atomic mass is 19.1. The van der Waals surface area contributed by atoms with Gasteiger partial charge < -0.3 is 14.3 Å². The van der Waals surface area contributed by atoms with Gasteiger partial charge in [-0.05, 0) is 53.8 Å². The molecule has 2 aromatic carbocycles. The van der Waals surface area contributed by atoms with Crippen molar-refractivity contribution in [1.29, 1.82) is 0 Å². The Hall–Kier alpha value is -3.41. The summed E-state index contributed by atoms with van der Waals surface area (Å²) >= 11 is 0. The number of halogens is 1. The third kappa shape index (κ3) is 4.24. The Kier molecular flexibility index (Phi) is 5.63. The normalized spacial score (nSPS) is 12.5. The molecule has 0 saturated heterocycles. The van der Waals surface area contributed by atoms with E-state index in [0.717, 1.165) is 16.5 Å². The lowest BCUT2D eigenvalue weighted by Crippen LogP contribution is -2.32. The highest BCUT2D eigenvalue weighted by molar-refractivity contribution is 5.88. The molecule has 1 amide bonds. The van der Waals surface area contributed by atoms with Crippen LogP contribution in [0.5, 0.6) is 0 Å². The summed E-state index contributed by atoms with van der Waals surface area (Å²) < 4.78 is 21.4. The lowest BCUT2D eigenvalue weighted by atomic mass is 9.95. The van der Waals surface area contributed by atoms with Crippen LogP contribution in [0, 0.1) is 12.7 Å². The molecule has 0 aliphatic heterocycles. The summed E-state index contributed by atoms with van der Waals surface area (Å²) in [5.74, 6) is 0.463. The largest absolute Gasteiger partial charge is 0.464 e. The number of fused-ring (bicyclic) bond motifs is 1. The van der Waals surface area contributed by atoms with Crippen LogP contribution >= 0.6 is 0 Å². The van der Waals surface area contributed by atoms with E-state index in [-0.39, 0.29) is 18.1 Å². The van der Waals surface area contributed by atoms with Crippen molar-refractivity contribution in [2.45, 2.75) is 39.2 Å². The standard InChI is InChI=1S/C25H26FN3O2/c1-15(2)20-13-21-18(14-31-22(21)10-16(20)3)12-23(30)28-24(25-27-8-9-29(25)4)17-6-5-7-19(26)11-17/h5-11,13-15,24H,12H2,1-4H3,(H,28,30).